The minimum absolute atomic E-state index is 0.652. The van der Waals surface area contributed by atoms with Crippen molar-refractivity contribution in [2.45, 2.75) is 51.1 Å². The molecule has 0 bridgehead atoms. The Bertz CT molecular complexity index is 443. The minimum Gasteiger partial charge on any atom is -0.312 e. The highest BCUT2D eigenvalue weighted by atomic mass is 15.1. The van der Waals surface area contributed by atoms with Crippen LogP contribution in [0.4, 0.5) is 0 Å². The molecule has 1 fully saturated rings. The van der Waals surface area contributed by atoms with Gasteiger partial charge >= 0.3 is 0 Å². The molecule has 2 nitrogen and oxygen atoms in total. The molecular weight excluding hydrogens is 244 g/mol. The summed E-state index contributed by atoms with van der Waals surface area (Å²) in [6.45, 7) is 5.80. The summed E-state index contributed by atoms with van der Waals surface area (Å²) >= 11 is 0. The number of hydrogen-bond acceptors (Lipinski definition) is 2. The second-order valence-electron chi connectivity index (χ2n) is 6.80. The van der Waals surface area contributed by atoms with Crippen LogP contribution < -0.4 is 5.32 Å². The van der Waals surface area contributed by atoms with Gasteiger partial charge in [0, 0.05) is 31.6 Å². The van der Waals surface area contributed by atoms with Crippen molar-refractivity contribution in [1.29, 1.82) is 0 Å². The molecule has 1 heterocycles. The van der Waals surface area contributed by atoms with E-state index in [1.54, 1.807) is 5.56 Å². The van der Waals surface area contributed by atoms with E-state index < -0.39 is 0 Å². The highest BCUT2D eigenvalue weighted by Gasteiger charge is 2.28. The molecule has 0 amide bonds. The molecule has 1 saturated carbocycles. The first-order valence-electron chi connectivity index (χ1n) is 8.24. The number of likely N-dealkylation sites (N-methyl/N-ethyl adjacent to an activating group) is 1. The third kappa shape index (κ3) is 2.91. The van der Waals surface area contributed by atoms with Gasteiger partial charge in [-0.3, -0.25) is 0 Å². The first-order chi connectivity index (χ1) is 9.75. The van der Waals surface area contributed by atoms with Gasteiger partial charge in [-0.05, 0) is 36.9 Å². The van der Waals surface area contributed by atoms with Crippen molar-refractivity contribution in [1.82, 2.24) is 10.2 Å². The number of benzene rings is 1. The summed E-state index contributed by atoms with van der Waals surface area (Å²) in [6, 6.07) is 9.75. The lowest BCUT2D eigenvalue weighted by Gasteiger charge is -2.39. The number of rotatable bonds is 3. The van der Waals surface area contributed by atoms with E-state index in [0.717, 1.165) is 25.0 Å². The molecule has 0 radical (unpaired) electrons. The molecule has 0 aromatic heterocycles. The van der Waals surface area contributed by atoms with Gasteiger partial charge in [0.25, 0.3) is 0 Å². The fraction of sp³-hybridized carbons (Fsp3) is 0.667. The Morgan fingerprint density at radius 3 is 2.85 bits per heavy atom. The standard InChI is InChI=1S/C18H28N2/c1-14-7-3-6-10-18(14)20(2)13-16-12-19-11-15-8-4-5-9-17(15)16/h4-5,8-9,14,16,18-19H,3,6-7,10-13H2,1-2H3. The molecule has 1 aliphatic heterocycles. The van der Waals surface area contributed by atoms with Gasteiger partial charge < -0.3 is 10.2 Å². The smallest absolute Gasteiger partial charge is 0.0208 e. The summed E-state index contributed by atoms with van der Waals surface area (Å²) in [4.78, 5) is 2.64. The van der Waals surface area contributed by atoms with Crippen LogP contribution in [0, 0.1) is 5.92 Å². The van der Waals surface area contributed by atoms with Crippen molar-refractivity contribution in [3.05, 3.63) is 35.4 Å². The van der Waals surface area contributed by atoms with Gasteiger partial charge in [0.05, 0.1) is 0 Å². The fourth-order valence-corrected chi connectivity index (χ4v) is 4.18. The maximum Gasteiger partial charge on any atom is 0.0208 e. The Hall–Kier alpha value is -0.860. The summed E-state index contributed by atoms with van der Waals surface area (Å²) in [7, 11) is 2.34. The molecule has 1 aromatic carbocycles. The van der Waals surface area contributed by atoms with Crippen molar-refractivity contribution >= 4 is 0 Å². The molecule has 3 unspecified atom stereocenters. The summed E-state index contributed by atoms with van der Waals surface area (Å²) in [6.07, 6.45) is 5.64. The van der Waals surface area contributed by atoms with Crippen molar-refractivity contribution in [3.63, 3.8) is 0 Å². The van der Waals surface area contributed by atoms with E-state index in [1.165, 1.54) is 37.8 Å². The largest absolute Gasteiger partial charge is 0.312 e. The van der Waals surface area contributed by atoms with Crippen LogP contribution in [0.15, 0.2) is 24.3 Å². The van der Waals surface area contributed by atoms with Gasteiger partial charge in [0.15, 0.2) is 0 Å². The lowest BCUT2D eigenvalue weighted by molar-refractivity contribution is 0.131. The van der Waals surface area contributed by atoms with Gasteiger partial charge in [-0.2, -0.15) is 0 Å². The number of hydrogen-bond donors (Lipinski definition) is 1. The number of fused-ring (bicyclic) bond motifs is 1. The molecule has 2 aliphatic rings. The Balaban J connectivity index is 1.69. The zero-order valence-corrected chi connectivity index (χ0v) is 12.9. The van der Waals surface area contributed by atoms with Crippen molar-refractivity contribution in [2.75, 3.05) is 20.1 Å². The molecule has 20 heavy (non-hydrogen) atoms. The highest BCUT2D eigenvalue weighted by Crippen LogP contribution is 2.30. The van der Waals surface area contributed by atoms with E-state index in [2.05, 4.69) is 48.5 Å². The molecule has 3 atom stereocenters. The first kappa shape index (κ1) is 14.1. The average molecular weight is 272 g/mol. The van der Waals surface area contributed by atoms with Crippen LogP contribution in [0.1, 0.15) is 49.7 Å². The average Bonchev–Trinajstić information content (AvgIpc) is 2.48. The Morgan fingerprint density at radius 1 is 1.20 bits per heavy atom. The second kappa shape index (κ2) is 6.28. The quantitative estimate of drug-likeness (QED) is 0.907. The molecule has 2 heteroatoms. The van der Waals surface area contributed by atoms with E-state index >= 15 is 0 Å². The SMILES string of the molecule is CC1CCCCC1N(C)CC1CNCc2ccccc21. The first-order valence-corrected chi connectivity index (χ1v) is 8.24. The maximum atomic E-state index is 3.58. The zero-order chi connectivity index (χ0) is 13.9. The van der Waals surface area contributed by atoms with Crippen LogP contribution in [-0.2, 0) is 6.54 Å². The zero-order valence-electron chi connectivity index (χ0n) is 12.9. The van der Waals surface area contributed by atoms with Crippen LogP contribution in [0.3, 0.4) is 0 Å². The monoisotopic (exact) mass is 272 g/mol. The van der Waals surface area contributed by atoms with Gasteiger partial charge in [0.1, 0.15) is 0 Å². The number of nitrogens with zero attached hydrogens (tertiary/aromatic N) is 1. The summed E-state index contributed by atoms with van der Waals surface area (Å²) in [5.74, 6) is 1.51. The van der Waals surface area contributed by atoms with Crippen molar-refractivity contribution in [3.8, 4) is 0 Å². The minimum atomic E-state index is 0.652. The van der Waals surface area contributed by atoms with Crippen LogP contribution in [-0.4, -0.2) is 31.1 Å². The summed E-state index contributed by atoms with van der Waals surface area (Å²) in [5, 5.41) is 3.58. The topological polar surface area (TPSA) is 15.3 Å². The predicted molar refractivity (Wildman–Crippen MR) is 84.9 cm³/mol. The van der Waals surface area contributed by atoms with E-state index in [9.17, 15) is 0 Å². The van der Waals surface area contributed by atoms with Crippen molar-refractivity contribution < 1.29 is 0 Å². The Kier molecular flexibility index (Phi) is 4.42. The van der Waals surface area contributed by atoms with Gasteiger partial charge in [-0.1, -0.05) is 44.0 Å². The lowest BCUT2D eigenvalue weighted by atomic mass is 9.84. The Morgan fingerprint density at radius 2 is 2.00 bits per heavy atom. The van der Waals surface area contributed by atoms with E-state index in [1.807, 2.05) is 0 Å². The highest BCUT2D eigenvalue weighted by molar-refractivity contribution is 5.32. The summed E-state index contributed by atoms with van der Waals surface area (Å²) < 4.78 is 0. The van der Waals surface area contributed by atoms with Crippen LogP contribution in [0.25, 0.3) is 0 Å². The molecule has 1 aliphatic carbocycles. The molecule has 0 spiro atoms. The predicted octanol–water partition coefficient (Wildman–Crippen LogP) is 3.38. The Labute approximate surface area is 123 Å². The molecule has 1 aromatic rings. The van der Waals surface area contributed by atoms with Crippen LogP contribution >= 0.6 is 0 Å². The maximum absolute atomic E-state index is 3.58. The van der Waals surface area contributed by atoms with Gasteiger partial charge in [0.2, 0.25) is 0 Å². The molecule has 1 N–H and O–H groups in total. The van der Waals surface area contributed by atoms with E-state index in [-0.39, 0.29) is 0 Å². The normalized spacial score (nSPS) is 30.2. The molecular formula is C18H28N2. The second-order valence-corrected chi connectivity index (χ2v) is 6.80. The fourth-order valence-electron chi connectivity index (χ4n) is 4.18. The van der Waals surface area contributed by atoms with Crippen molar-refractivity contribution in [2.24, 2.45) is 5.92 Å². The molecule has 3 rings (SSSR count). The number of nitrogens with one attached hydrogen (secondary N) is 1. The third-order valence-electron chi connectivity index (χ3n) is 5.34. The van der Waals surface area contributed by atoms with Gasteiger partial charge in [-0.15, -0.1) is 0 Å². The molecule has 110 valence electrons. The van der Waals surface area contributed by atoms with Gasteiger partial charge in [-0.25, -0.2) is 0 Å². The summed E-state index contributed by atoms with van der Waals surface area (Å²) in [5.41, 5.74) is 3.07. The van der Waals surface area contributed by atoms with E-state index in [4.69, 9.17) is 0 Å². The van der Waals surface area contributed by atoms with E-state index in [0.29, 0.717) is 5.92 Å². The lowest BCUT2D eigenvalue weighted by Crippen LogP contribution is -2.43. The molecule has 0 saturated heterocycles. The van der Waals surface area contributed by atoms with Crippen LogP contribution in [0.2, 0.25) is 0 Å². The van der Waals surface area contributed by atoms with Crippen LogP contribution in [0.5, 0.6) is 0 Å². The third-order valence-corrected chi connectivity index (χ3v) is 5.34.